The summed E-state index contributed by atoms with van der Waals surface area (Å²) in [6.07, 6.45) is 0.964. The predicted molar refractivity (Wildman–Crippen MR) is 179 cm³/mol. The number of hydrogen-bond acceptors (Lipinski definition) is 8. The van der Waals surface area contributed by atoms with E-state index in [-0.39, 0.29) is 24.9 Å². The summed E-state index contributed by atoms with van der Waals surface area (Å²) >= 11 is 6.45. The molecular formula is C31H42Cl2N4O5S. The Morgan fingerprint density at radius 2 is 1.88 bits per heavy atom. The molecule has 12 heteroatoms. The Labute approximate surface area is 266 Å². The van der Waals surface area contributed by atoms with E-state index in [2.05, 4.69) is 16.0 Å². The van der Waals surface area contributed by atoms with Gasteiger partial charge in [-0.2, -0.15) is 0 Å². The van der Waals surface area contributed by atoms with Crippen LogP contribution in [-0.2, 0) is 13.0 Å². The molecule has 0 bridgehead atoms. The molecule has 2 atom stereocenters. The van der Waals surface area contributed by atoms with Crippen molar-refractivity contribution in [3.05, 3.63) is 88.4 Å². The molecule has 0 radical (unpaired) electrons. The Hall–Kier alpha value is -2.70. The van der Waals surface area contributed by atoms with Gasteiger partial charge in [-0.1, -0.05) is 41.9 Å². The molecule has 1 saturated heterocycles. The first kappa shape index (κ1) is 34.8. The maximum absolute atomic E-state index is 13.7. The van der Waals surface area contributed by atoms with Crippen molar-refractivity contribution in [3.8, 4) is 5.75 Å². The number of ether oxygens (including phenoxy) is 1. The number of hydrogen-bond donors (Lipinski definition) is 6. The molecule has 3 aromatic rings. The summed E-state index contributed by atoms with van der Waals surface area (Å²) in [7, 11) is -1.35. The highest BCUT2D eigenvalue weighted by Gasteiger charge is 2.29. The van der Waals surface area contributed by atoms with Gasteiger partial charge in [0, 0.05) is 42.5 Å². The van der Waals surface area contributed by atoms with Gasteiger partial charge in [0.25, 0.3) is 5.91 Å². The molecule has 0 aromatic heterocycles. The molecule has 1 aliphatic heterocycles. The number of nitrogens with zero attached hydrogens (tertiary/aromatic N) is 1. The fourth-order valence-corrected chi connectivity index (χ4v) is 6.91. The zero-order chi connectivity index (χ0) is 30.1. The molecule has 236 valence electrons. The lowest BCUT2D eigenvalue weighted by Crippen LogP contribution is -2.48. The number of methoxy groups -OCH3 is 1. The first-order chi connectivity index (χ1) is 20.2. The normalized spacial score (nSPS) is 16.4. The number of aliphatic hydroxyl groups is 1. The van der Waals surface area contributed by atoms with Gasteiger partial charge in [0.05, 0.1) is 30.7 Å². The van der Waals surface area contributed by atoms with Crippen molar-refractivity contribution in [2.75, 3.05) is 42.1 Å². The molecule has 1 amide bonds. The highest BCUT2D eigenvalue weighted by molar-refractivity contribution is 8.25. The highest BCUT2D eigenvalue weighted by atomic mass is 35.5. The van der Waals surface area contributed by atoms with Crippen molar-refractivity contribution in [1.29, 1.82) is 0 Å². The standard InChI is InChI=1S/C31H41ClN4O5S.ClH/c1-3-34-25-16-24(17-26(19-25)36-13-6-7-14-42(36,39)40)31(38)35-29(18-23-10-4-5-12-28(23)32)30(37)21-33-20-22-9-8-11-27(15-22)41-2;/h4-5,8-12,15-17,19,29-30,33-34,37,39-40H,3,6-7,13-14,18,20-21H2,1-2H3,(H,35,38);1H/t29-,30+;/m0./s1. The molecule has 1 aliphatic rings. The second-order valence-electron chi connectivity index (χ2n) is 10.4. The molecular weight excluding hydrogens is 611 g/mol. The second kappa shape index (κ2) is 16.4. The SMILES string of the molecule is CCNc1cc(C(=O)N[C@@H](Cc2ccccc2Cl)[C@H](O)CNCc2cccc(OC)c2)cc(N2CCCCS2(O)O)c1.Cl. The second-order valence-corrected chi connectivity index (χ2v) is 12.9. The van der Waals surface area contributed by atoms with Crippen molar-refractivity contribution in [2.24, 2.45) is 0 Å². The third-order valence-corrected chi connectivity index (χ3v) is 9.53. The first-order valence-corrected chi connectivity index (χ1v) is 16.2. The largest absolute Gasteiger partial charge is 0.497 e. The summed E-state index contributed by atoms with van der Waals surface area (Å²) in [5.41, 5.74) is 3.43. The van der Waals surface area contributed by atoms with Crippen molar-refractivity contribution in [1.82, 2.24) is 10.6 Å². The van der Waals surface area contributed by atoms with Crippen LogP contribution in [-0.4, -0.2) is 64.8 Å². The number of benzene rings is 3. The molecule has 9 nitrogen and oxygen atoms in total. The minimum absolute atomic E-state index is 0. The van der Waals surface area contributed by atoms with Crippen molar-refractivity contribution in [2.45, 2.75) is 44.9 Å². The summed E-state index contributed by atoms with van der Waals surface area (Å²) in [6.45, 7) is 3.82. The molecule has 0 unspecified atom stereocenters. The van der Waals surface area contributed by atoms with Crippen LogP contribution in [0, 0.1) is 0 Å². The number of carbonyl (C=O) groups is 1. The summed E-state index contributed by atoms with van der Waals surface area (Å²) in [5.74, 6) is 0.673. The molecule has 1 fully saturated rings. The molecule has 3 aromatic carbocycles. The van der Waals surface area contributed by atoms with Crippen LogP contribution in [0.2, 0.25) is 5.02 Å². The van der Waals surface area contributed by atoms with E-state index in [0.29, 0.717) is 53.8 Å². The minimum atomic E-state index is -2.97. The van der Waals surface area contributed by atoms with Gasteiger partial charge in [-0.15, -0.1) is 23.2 Å². The first-order valence-electron chi connectivity index (χ1n) is 14.2. The van der Waals surface area contributed by atoms with Crippen molar-refractivity contribution < 1.29 is 23.7 Å². The number of nitrogens with one attached hydrogen (secondary N) is 3. The van der Waals surface area contributed by atoms with E-state index >= 15 is 0 Å². The van der Waals surface area contributed by atoms with Crippen LogP contribution in [0.1, 0.15) is 41.3 Å². The van der Waals surface area contributed by atoms with Gasteiger partial charge >= 0.3 is 0 Å². The Morgan fingerprint density at radius 1 is 1.09 bits per heavy atom. The van der Waals surface area contributed by atoms with E-state index in [0.717, 1.165) is 29.7 Å². The van der Waals surface area contributed by atoms with E-state index in [9.17, 15) is 19.0 Å². The fourth-order valence-electron chi connectivity index (χ4n) is 5.02. The van der Waals surface area contributed by atoms with E-state index in [1.165, 1.54) is 0 Å². The van der Waals surface area contributed by atoms with Crippen LogP contribution in [0.25, 0.3) is 0 Å². The van der Waals surface area contributed by atoms with Crippen LogP contribution in [0.5, 0.6) is 5.75 Å². The molecule has 1 heterocycles. The summed E-state index contributed by atoms with van der Waals surface area (Å²) < 4.78 is 28.3. The van der Waals surface area contributed by atoms with Gasteiger partial charge < -0.3 is 25.8 Å². The molecule has 0 saturated carbocycles. The Balaban J connectivity index is 0.00000506. The molecule has 0 aliphatic carbocycles. The topological polar surface area (TPSA) is 126 Å². The van der Waals surface area contributed by atoms with Gasteiger partial charge in [0.1, 0.15) is 5.75 Å². The Kier molecular flexibility index (Phi) is 13.3. The van der Waals surface area contributed by atoms with Gasteiger partial charge in [-0.3, -0.25) is 18.2 Å². The molecule has 43 heavy (non-hydrogen) atoms. The van der Waals surface area contributed by atoms with E-state index in [1.807, 2.05) is 55.5 Å². The molecule has 0 spiro atoms. The number of carbonyl (C=O) groups excluding carboxylic acids is 1. The highest BCUT2D eigenvalue weighted by Crippen LogP contribution is 2.50. The lowest BCUT2D eigenvalue weighted by molar-refractivity contribution is 0.0830. The van der Waals surface area contributed by atoms with Gasteiger partial charge in [0.15, 0.2) is 0 Å². The summed E-state index contributed by atoms with van der Waals surface area (Å²) in [5, 5.41) is 21.4. The van der Waals surface area contributed by atoms with Crippen LogP contribution < -0.4 is 25.0 Å². The Morgan fingerprint density at radius 3 is 2.60 bits per heavy atom. The smallest absolute Gasteiger partial charge is 0.251 e. The monoisotopic (exact) mass is 652 g/mol. The number of amides is 1. The van der Waals surface area contributed by atoms with Gasteiger partial charge in [0.2, 0.25) is 0 Å². The Bertz CT molecular complexity index is 1350. The zero-order valence-corrected chi connectivity index (χ0v) is 26.9. The van der Waals surface area contributed by atoms with Crippen LogP contribution in [0.15, 0.2) is 66.7 Å². The lowest BCUT2D eigenvalue weighted by atomic mass is 10.00. The minimum Gasteiger partial charge on any atom is -0.497 e. The van der Waals surface area contributed by atoms with Crippen LogP contribution in [0.4, 0.5) is 11.4 Å². The third kappa shape index (κ3) is 9.64. The number of aliphatic hydroxyl groups excluding tert-OH is 1. The molecule has 4 rings (SSSR count). The number of anilines is 2. The van der Waals surface area contributed by atoms with Crippen LogP contribution in [0.3, 0.4) is 0 Å². The maximum atomic E-state index is 13.7. The van der Waals surface area contributed by atoms with Gasteiger partial charge in [-0.05, 0) is 73.7 Å². The quantitative estimate of drug-likeness (QED) is 0.134. The van der Waals surface area contributed by atoms with Gasteiger partial charge in [-0.25, -0.2) is 0 Å². The predicted octanol–water partition coefficient (Wildman–Crippen LogP) is 5.96. The van der Waals surface area contributed by atoms with E-state index in [1.54, 1.807) is 29.6 Å². The van der Waals surface area contributed by atoms with Crippen molar-refractivity contribution >= 4 is 52.1 Å². The van der Waals surface area contributed by atoms with E-state index in [4.69, 9.17) is 16.3 Å². The number of rotatable bonds is 13. The maximum Gasteiger partial charge on any atom is 0.251 e. The fraction of sp³-hybridized carbons (Fsp3) is 0.387. The summed E-state index contributed by atoms with van der Waals surface area (Å²) in [6, 6.07) is 19.6. The summed E-state index contributed by atoms with van der Waals surface area (Å²) in [4.78, 5) is 13.7. The number of halogens is 2. The van der Waals surface area contributed by atoms with E-state index < -0.39 is 22.9 Å². The third-order valence-electron chi connectivity index (χ3n) is 7.23. The van der Waals surface area contributed by atoms with Crippen LogP contribution >= 0.6 is 34.8 Å². The molecule has 6 N–H and O–H groups in total. The average molecular weight is 654 g/mol. The zero-order valence-electron chi connectivity index (χ0n) is 24.5. The lowest BCUT2D eigenvalue weighted by Gasteiger charge is -2.47. The average Bonchev–Trinajstić information content (AvgIpc) is 2.97. The van der Waals surface area contributed by atoms with Crippen molar-refractivity contribution in [3.63, 3.8) is 0 Å².